The maximum Gasteiger partial charge on any atom is 0.241 e. The van der Waals surface area contributed by atoms with E-state index < -0.39 is 21.7 Å². The summed E-state index contributed by atoms with van der Waals surface area (Å²) in [6.07, 6.45) is 0. The van der Waals surface area contributed by atoms with Crippen molar-refractivity contribution in [3.05, 3.63) is 65.0 Å². The summed E-state index contributed by atoms with van der Waals surface area (Å²) in [7, 11) is -3.87. The largest absolute Gasteiger partial charge is 0.351 e. The highest BCUT2D eigenvalue weighted by atomic mass is 32.2. The molecule has 0 fully saturated rings. The quantitative estimate of drug-likeness (QED) is 0.837. The summed E-state index contributed by atoms with van der Waals surface area (Å²) < 4.78 is 39.6. The van der Waals surface area contributed by atoms with E-state index in [4.69, 9.17) is 0 Å². The van der Waals surface area contributed by atoms with E-state index in [0.717, 1.165) is 23.3 Å². The van der Waals surface area contributed by atoms with Crippen molar-refractivity contribution >= 4 is 15.9 Å². The zero-order valence-electron chi connectivity index (χ0n) is 13.5. The molecule has 2 aromatic carbocycles. The van der Waals surface area contributed by atoms with E-state index in [-0.39, 0.29) is 17.0 Å². The highest BCUT2D eigenvalue weighted by Crippen LogP contribution is 2.15. The molecular formula is C17H19FN2O3S. The van der Waals surface area contributed by atoms with Gasteiger partial charge in [0.2, 0.25) is 15.9 Å². The van der Waals surface area contributed by atoms with Crippen LogP contribution in [0.1, 0.15) is 16.7 Å². The van der Waals surface area contributed by atoms with Gasteiger partial charge in [0.1, 0.15) is 5.82 Å². The first-order chi connectivity index (χ1) is 11.3. The molecule has 0 bridgehead atoms. The Kier molecular flexibility index (Phi) is 5.69. The Morgan fingerprint density at radius 2 is 1.75 bits per heavy atom. The minimum absolute atomic E-state index is 0.0461. The molecule has 0 radical (unpaired) electrons. The molecule has 2 aromatic rings. The van der Waals surface area contributed by atoms with Crippen LogP contribution >= 0.6 is 0 Å². The van der Waals surface area contributed by atoms with Crippen molar-refractivity contribution in [2.45, 2.75) is 25.3 Å². The molecule has 0 aromatic heterocycles. The molecule has 0 spiro atoms. The lowest BCUT2D eigenvalue weighted by molar-refractivity contribution is -0.120. The Labute approximate surface area is 141 Å². The molecule has 2 rings (SSSR count). The van der Waals surface area contributed by atoms with Gasteiger partial charge in [0.15, 0.2) is 0 Å². The topological polar surface area (TPSA) is 75.3 Å². The standard InChI is InChI=1S/C17H19FN2O3S/c1-12-3-5-14(6-4-12)10-19-17(21)11-20-24(22,23)16-8-7-15(18)9-13(16)2/h3-9,20H,10-11H2,1-2H3,(H,19,21). The molecule has 0 aliphatic rings. The number of amides is 1. The smallest absolute Gasteiger partial charge is 0.241 e. The van der Waals surface area contributed by atoms with Crippen LogP contribution in [0.4, 0.5) is 4.39 Å². The van der Waals surface area contributed by atoms with Gasteiger partial charge in [-0.3, -0.25) is 4.79 Å². The van der Waals surface area contributed by atoms with Gasteiger partial charge in [0.05, 0.1) is 11.4 Å². The molecule has 24 heavy (non-hydrogen) atoms. The molecule has 128 valence electrons. The number of hydrogen-bond acceptors (Lipinski definition) is 3. The Morgan fingerprint density at radius 3 is 2.38 bits per heavy atom. The predicted molar refractivity (Wildman–Crippen MR) is 89.4 cm³/mol. The van der Waals surface area contributed by atoms with Gasteiger partial charge in [-0.2, -0.15) is 0 Å². The average molecular weight is 350 g/mol. The summed E-state index contributed by atoms with van der Waals surface area (Å²) in [5.41, 5.74) is 2.32. The van der Waals surface area contributed by atoms with Crippen LogP contribution in [0, 0.1) is 19.7 Å². The first-order valence-electron chi connectivity index (χ1n) is 7.36. The van der Waals surface area contributed by atoms with E-state index >= 15 is 0 Å². The Balaban J connectivity index is 1.91. The second-order valence-electron chi connectivity index (χ2n) is 5.50. The maximum atomic E-state index is 13.1. The zero-order valence-corrected chi connectivity index (χ0v) is 14.3. The fraction of sp³-hybridized carbons (Fsp3) is 0.235. The van der Waals surface area contributed by atoms with E-state index in [1.54, 1.807) is 0 Å². The van der Waals surface area contributed by atoms with Crippen molar-refractivity contribution in [1.82, 2.24) is 10.0 Å². The summed E-state index contributed by atoms with van der Waals surface area (Å²) in [6, 6.07) is 11.0. The van der Waals surface area contributed by atoms with Crippen LogP contribution in [-0.2, 0) is 21.4 Å². The molecule has 5 nitrogen and oxygen atoms in total. The van der Waals surface area contributed by atoms with Gasteiger partial charge >= 0.3 is 0 Å². The lowest BCUT2D eigenvalue weighted by Crippen LogP contribution is -2.36. The van der Waals surface area contributed by atoms with Gasteiger partial charge in [0, 0.05) is 6.54 Å². The normalized spacial score (nSPS) is 11.3. The van der Waals surface area contributed by atoms with Crippen LogP contribution in [0.25, 0.3) is 0 Å². The van der Waals surface area contributed by atoms with Crippen molar-refractivity contribution in [3.8, 4) is 0 Å². The maximum absolute atomic E-state index is 13.1. The summed E-state index contributed by atoms with van der Waals surface area (Å²) in [5, 5.41) is 2.64. The number of sulfonamides is 1. The number of rotatable bonds is 6. The average Bonchev–Trinajstić information content (AvgIpc) is 2.52. The van der Waals surface area contributed by atoms with Gasteiger partial charge in [-0.05, 0) is 43.2 Å². The number of nitrogens with one attached hydrogen (secondary N) is 2. The minimum atomic E-state index is -3.87. The van der Waals surface area contributed by atoms with E-state index in [1.807, 2.05) is 31.2 Å². The molecule has 2 N–H and O–H groups in total. The molecule has 0 atom stereocenters. The summed E-state index contributed by atoms with van der Waals surface area (Å²) in [6.45, 7) is 3.39. The molecule has 0 unspecified atom stereocenters. The molecular weight excluding hydrogens is 331 g/mol. The molecule has 7 heteroatoms. The van der Waals surface area contributed by atoms with E-state index in [1.165, 1.54) is 13.0 Å². The minimum Gasteiger partial charge on any atom is -0.351 e. The molecule has 0 saturated carbocycles. The second kappa shape index (κ2) is 7.55. The Morgan fingerprint density at radius 1 is 1.08 bits per heavy atom. The van der Waals surface area contributed by atoms with Crippen LogP contribution < -0.4 is 10.0 Å². The van der Waals surface area contributed by atoms with Crippen LogP contribution in [0.15, 0.2) is 47.4 Å². The van der Waals surface area contributed by atoms with Crippen molar-refractivity contribution in [2.24, 2.45) is 0 Å². The van der Waals surface area contributed by atoms with Crippen LogP contribution in [0.3, 0.4) is 0 Å². The predicted octanol–water partition coefficient (Wildman–Crippen LogP) is 2.04. The van der Waals surface area contributed by atoms with Gasteiger partial charge in [0.25, 0.3) is 0 Å². The Hall–Kier alpha value is -2.25. The van der Waals surface area contributed by atoms with Crippen molar-refractivity contribution in [1.29, 1.82) is 0 Å². The Bertz CT molecular complexity index is 833. The van der Waals surface area contributed by atoms with E-state index in [0.29, 0.717) is 6.54 Å². The fourth-order valence-corrected chi connectivity index (χ4v) is 3.33. The summed E-state index contributed by atoms with van der Waals surface area (Å²) >= 11 is 0. The van der Waals surface area contributed by atoms with Crippen molar-refractivity contribution < 1.29 is 17.6 Å². The third-order valence-corrected chi connectivity index (χ3v) is 5.02. The highest BCUT2D eigenvalue weighted by Gasteiger charge is 2.18. The molecule has 0 aliphatic heterocycles. The van der Waals surface area contributed by atoms with Crippen molar-refractivity contribution in [2.75, 3.05) is 6.54 Å². The molecule has 1 amide bonds. The van der Waals surface area contributed by atoms with E-state index in [2.05, 4.69) is 10.0 Å². The summed E-state index contributed by atoms with van der Waals surface area (Å²) in [4.78, 5) is 11.8. The SMILES string of the molecule is Cc1ccc(CNC(=O)CNS(=O)(=O)c2ccc(F)cc2C)cc1. The first kappa shape index (κ1) is 18.1. The van der Waals surface area contributed by atoms with Gasteiger partial charge < -0.3 is 5.32 Å². The summed E-state index contributed by atoms with van der Waals surface area (Å²) in [5.74, 6) is -0.957. The number of halogens is 1. The van der Waals surface area contributed by atoms with Crippen LogP contribution in [0.2, 0.25) is 0 Å². The third-order valence-electron chi connectivity index (χ3n) is 3.46. The molecule has 0 saturated heterocycles. The number of aryl methyl sites for hydroxylation is 2. The second-order valence-corrected chi connectivity index (χ2v) is 7.23. The number of carbonyl (C=O) groups is 1. The van der Waals surface area contributed by atoms with Gasteiger partial charge in [-0.25, -0.2) is 17.5 Å². The number of benzene rings is 2. The highest BCUT2D eigenvalue weighted by molar-refractivity contribution is 7.89. The zero-order chi connectivity index (χ0) is 17.7. The lowest BCUT2D eigenvalue weighted by atomic mass is 10.1. The third kappa shape index (κ3) is 4.87. The number of hydrogen-bond donors (Lipinski definition) is 2. The van der Waals surface area contributed by atoms with Gasteiger partial charge in [-0.1, -0.05) is 29.8 Å². The van der Waals surface area contributed by atoms with Crippen LogP contribution in [-0.4, -0.2) is 20.9 Å². The molecule has 0 heterocycles. The lowest BCUT2D eigenvalue weighted by Gasteiger charge is -2.10. The van der Waals surface area contributed by atoms with Crippen LogP contribution in [0.5, 0.6) is 0 Å². The van der Waals surface area contributed by atoms with Gasteiger partial charge in [-0.15, -0.1) is 0 Å². The van der Waals surface area contributed by atoms with E-state index in [9.17, 15) is 17.6 Å². The number of carbonyl (C=O) groups excluding carboxylic acids is 1. The monoisotopic (exact) mass is 350 g/mol. The fourth-order valence-electron chi connectivity index (χ4n) is 2.12. The first-order valence-corrected chi connectivity index (χ1v) is 8.84. The molecule has 0 aliphatic carbocycles. The van der Waals surface area contributed by atoms with Crippen molar-refractivity contribution in [3.63, 3.8) is 0 Å².